The lowest BCUT2D eigenvalue weighted by molar-refractivity contribution is -0.669. The second kappa shape index (κ2) is 3.91. The molecule has 0 bridgehead atoms. The van der Waals surface area contributed by atoms with Crippen molar-refractivity contribution in [3.63, 3.8) is 0 Å². The van der Waals surface area contributed by atoms with Crippen molar-refractivity contribution >= 4 is 0 Å². The molecule has 2 aromatic rings. The number of nitrogens with zero attached hydrogens (tertiary/aromatic N) is 2. The van der Waals surface area contributed by atoms with Crippen molar-refractivity contribution in [3.8, 4) is 11.6 Å². The molecule has 76 valence electrons. The lowest BCUT2D eigenvalue weighted by atomic mass is 10.3. The molecule has 0 radical (unpaired) electrons. The van der Waals surface area contributed by atoms with Gasteiger partial charge in [0.15, 0.2) is 11.6 Å². The number of halogens is 1. The molecule has 0 atom stereocenters. The maximum absolute atomic E-state index is 13.1. The molecule has 0 saturated heterocycles. The van der Waals surface area contributed by atoms with Gasteiger partial charge < -0.3 is 9.94 Å². The molecule has 0 fully saturated rings. The van der Waals surface area contributed by atoms with Crippen LogP contribution in [0.1, 0.15) is 0 Å². The van der Waals surface area contributed by atoms with Crippen LogP contribution in [0.2, 0.25) is 0 Å². The Morgan fingerprint density at radius 1 is 1.20 bits per heavy atom. The van der Waals surface area contributed by atoms with E-state index < -0.39 is 5.82 Å². The Balaban J connectivity index is 2.26. The highest BCUT2D eigenvalue weighted by atomic mass is 19.1. The number of ether oxygens (including phenoxy) is 1. The number of rotatable bonds is 2. The number of hydrogen-bond donors (Lipinski definition) is 0. The van der Waals surface area contributed by atoms with E-state index in [9.17, 15) is 9.60 Å². The maximum Gasteiger partial charge on any atom is 0.286 e. The summed E-state index contributed by atoms with van der Waals surface area (Å²) in [7, 11) is 0. The first-order valence-electron chi connectivity index (χ1n) is 4.24. The molecular weight excluding hydrogens is 199 g/mol. The van der Waals surface area contributed by atoms with Crippen molar-refractivity contribution in [2.45, 2.75) is 0 Å². The van der Waals surface area contributed by atoms with Crippen molar-refractivity contribution < 1.29 is 14.0 Å². The molecule has 4 nitrogen and oxygen atoms in total. The summed E-state index contributed by atoms with van der Waals surface area (Å²) in [5, 5.41) is 14.3. The van der Waals surface area contributed by atoms with Gasteiger partial charge in [-0.2, -0.15) is 0 Å². The predicted molar refractivity (Wildman–Crippen MR) is 49.7 cm³/mol. The fourth-order valence-corrected chi connectivity index (χ4v) is 1.06. The lowest BCUT2D eigenvalue weighted by Gasteiger charge is -2.03. The van der Waals surface area contributed by atoms with Crippen LogP contribution in [0.5, 0.6) is 11.6 Å². The van der Waals surface area contributed by atoms with Crippen molar-refractivity contribution in [3.05, 3.63) is 53.6 Å². The van der Waals surface area contributed by atoms with Gasteiger partial charge in [0, 0.05) is 12.1 Å². The van der Waals surface area contributed by atoms with Gasteiger partial charge in [-0.1, -0.05) is 17.0 Å². The smallest absolute Gasteiger partial charge is 0.286 e. The molecule has 0 unspecified atom stereocenters. The number of benzene rings is 1. The Morgan fingerprint density at radius 2 is 2.00 bits per heavy atom. The molecule has 0 amide bonds. The van der Waals surface area contributed by atoms with Crippen molar-refractivity contribution in [2.24, 2.45) is 0 Å². The standard InChI is InChI=1S/C10H7FN2O2/c11-8-4-1-2-5-9(8)15-10-6-3-7-13(14)12-10/h1-7H. The Labute approximate surface area is 85.1 Å². The summed E-state index contributed by atoms with van der Waals surface area (Å²) in [6, 6.07) is 8.85. The van der Waals surface area contributed by atoms with Gasteiger partial charge in [-0.15, -0.1) is 0 Å². The van der Waals surface area contributed by atoms with Gasteiger partial charge in [-0.05, 0) is 12.1 Å². The largest absolute Gasteiger partial charge is 0.594 e. The minimum Gasteiger partial charge on any atom is -0.594 e. The third-order valence-electron chi connectivity index (χ3n) is 1.70. The zero-order valence-corrected chi connectivity index (χ0v) is 7.63. The van der Waals surface area contributed by atoms with Crippen molar-refractivity contribution in [1.82, 2.24) is 5.10 Å². The molecule has 1 aromatic heterocycles. The van der Waals surface area contributed by atoms with E-state index in [0.717, 1.165) is 0 Å². The van der Waals surface area contributed by atoms with E-state index >= 15 is 0 Å². The van der Waals surface area contributed by atoms with Gasteiger partial charge in [-0.3, -0.25) is 0 Å². The molecular formula is C10H7FN2O2. The highest BCUT2D eigenvalue weighted by molar-refractivity contribution is 5.27. The third-order valence-corrected chi connectivity index (χ3v) is 1.70. The minimum atomic E-state index is -0.499. The van der Waals surface area contributed by atoms with Gasteiger partial charge in [-0.25, -0.2) is 4.39 Å². The molecule has 5 heteroatoms. The topological polar surface area (TPSA) is 49.1 Å². The summed E-state index contributed by atoms with van der Waals surface area (Å²) in [4.78, 5) is 0.343. The highest BCUT2D eigenvalue weighted by Crippen LogP contribution is 2.20. The molecule has 0 aliphatic rings. The Bertz CT molecular complexity index is 476. The van der Waals surface area contributed by atoms with E-state index in [2.05, 4.69) is 5.10 Å². The van der Waals surface area contributed by atoms with Crippen LogP contribution >= 0.6 is 0 Å². The van der Waals surface area contributed by atoms with Crippen LogP contribution < -0.4 is 9.58 Å². The summed E-state index contributed by atoms with van der Waals surface area (Å²) >= 11 is 0. The maximum atomic E-state index is 13.1. The fourth-order valence-electron chi connectivity index (χ4n) is 1.06. The Hall–Kier alpha value is -2.17. The van der Waals surface area contributed by atoms with Gasteiger partial charge in [0.1, 0.15) is 0 Å². The normalized spacial score (nSPS) is 9.93. The first-order chi connectivity index (χ1) is 7.25. The second-order valence-corrected chi connectivity index (χ2v) is 2.78. The molecule has 0 spiro atoms. The molecule has 2 rings (SSSR count). The van der Waals surface area contributed by atoms with Crippen LogP contribution in [-0.4, -0.2) is 5.10 Å². The molecule has 15 heavy (non-hydrogen) atoms. The summed E-state index contributed by atoms with van der Waals surface area (Å²) in [6.45, 7) is 0. The van der Waals surface area contributed by atoms with E-state index in [1.165, 1.54) is 30.5 Å². The monoisotopic (exact) mass is 206 g/mol. The zero-order chi connectivity index (χ0) is 10.7. The number of para-hydroxylation sites is 1. The first kappa shape index (κ1) is 9.39. The average Bonchev–Trinajstić information content (AvgIpc) is 2.22. The average molecular weight is 206 g/mol. The zero-order valence-electron chi connectivity index (χ0n) is 7.63. The van der Waals surface area contributed by atoms with Crippen LogP contribution in [0.3, 0.4) is 0 Å². The van der Waals surface area contributed by atoms with Crippen LogP contribution in [-0.2, 0) is 0 Å². The number of aromatic nitrogens is 2. The van der Waals surface area contributed by atoms with Crippen LogP contribution in [0, 0.1) is 11.0 Å². The Kier molecular flexibility index (Phi) is 2.45. The van der Waals surface area contributed by atoms with Crippen LogP contribution in [0.4, 0.5) is 4.39 Å². The third kappa shape index (κ3) is 2.19. The van der Waals surface area contributed by atoms with E-state index in [1.807, 2.05) is 0 Å². The summed E-state index contributed by atoms with van der Waals surface area (Å²) in [6.07, 6.45) is 1.22. The molecule has 0 saturated carbocycles. The van der Waals surface area contributed by atoms with E-state index in [0.29, 0.717) is 4.85 Å². The summed E-state index contributed by atoms with van der Waals surface area (Å²) in [5.41, 5.74) is 0. The van der Waals surface area contributed by atoms with E-state index in [-0.39, 0.29) is 11.6 Å². The first-order valence-corrected chi connectivity index (χ1v) is 4.24. The summed E-state index contributed by atoms with van der Waals surface area (Å²) < 4.78 is 18.2. The second-order valence-electron chi connectivity index (χ2n) is 2.78. The van der Waals surface area contributed by atoms with Crippen molar-refractivity contribution in [1.29, 1.82) is 0 Å². The van der Waals surface area contributed by atoms with Gasteiger partial charge >= 0.3 is 0 Å². The van der Waals surface area contributed by atoms with Crippen LogP contribution in [0.15, 0.2) is 42.6 Å². The molecule has 0 N–H and O–H groups in total. The molecule has 0 aliphatic carbocycles. The molecule has 1 aromatic carbocycles. The predicted octanol–water partition coefficient (Wildman–Crippen LogP) is 1.65. The quantitative estimate of drug-likeness (QED) is 0.554. The Morgan fingerprint density at radius 3 is 2.73 bits per heavy atom. The summed E-state index contributed by atoms with van der Waals surface area (Å²) in [5.74, 6) is -0.408. The van der Waals surface area contributed by atoms with E-state index in [1.54, 1.807) is 12.1 Å². The lowest BCUT2D eigenvalue weighted by Crippen LogP contribution is -2.29. The van der Waals surface area contributed by atoms with Crippen molar-refractivity contribution in [2.75, 3.05) is 0 Å². The highest BCUT2D eigenvalue weighted by Gasteiger charge is 2.06. The number of hydrogen-bond acceptors (Lipinski definition) is 3. The molecule has 0 aliphatic heterocycles. The SMILES string of the molecule is [O-][n+]1cccc(Oc2ccccc2F)n1. The van der Waals surface area contributed by atoms with Gasteiger partial charge in [0.2, 0.25) is 6.20 Å². The van der Waals surface area contributed by atoms with Crippen LogP contribution in [0.25, 0.3) is 0 Å². The molecule has 1 heterocycles. The minimum absolute atomic E-state index is 0.0381. The van der Waals surface area contributed by atoms with Gasteiger partial charge in [0.25, 0.3) is 5.88 Å². The van der Waals surface area contributed by atoms with Gasteiger partial charge in [0.05, 0.1) is 5.10 Å². The van der Waals surface area contributed by atoms with E-state index in [4.69, 9.17) is 4.74 Å². The fraction of sp³-hybridized carbons (Fsp3) is 0.